The number of nitrogens with two attached hydrogens (primary N) is 1. The molecule has 0 bridgehead atoms. The van der Waals surface area contributed by atoms with Crippen molar-refractivity contribution in [3.8, 4) is 0 Å². The van der Waals surface area contributed by atoms with Gasteiger partial charge in [0.25, 0.3) is 6.02 Å². The van der Waals surface area contributed by atoms with Gasteiger partial charge in [-0.05, 0) is 36.8 Å². The van der Waals surface area contributed by atoms with Crippen molar-refractivity contribution in [2.24, 2.45) is 10.7 Å². The van der Waals surface area contributed by atoms with Gasteiger partial charge in [0.1, 0.15) is 29.5 Å². The van der Waals surface area contributed by atoms with E-state index in [1.807, 2.05) is 0 Å². The number of carbonyl (C=O) groups is 1. The molecule has 28 heavy (non-hydrogen) atoms. The summed E-state index contributed by atoms with van der Waals surface area (Å²) in [6, 6.07) is 5.59. The number of carbonyl (C=O) groups excluding carboxylic acids is 1. The molecule has 1 aromatic carbocycles. The topological polar surface area (TPSA) is 77.6 Å². The number of aromatic nitrogens is 1. The van der Waals surface area contributed by atoms with Crippen LogP contribution in [0, 0.1) is 11.6 Å². The van der Waals surface area contributed by atoms with Crippen LogP contribution in [0.5, 0.6) is 0 Å². The Bertz CT molecular complexity index is 920. The standard InChI is InChI=1S/C19H17F4N3O2/c1-19(17(23)16(8-20)28-18(24)26-19)12-6-10(2-4-13(12)22)7-15(27)14-5-3-11(21)9-25-14/h2-6,9,16-17H,7-8H2,1H3,(H2,24,26)/t16-,17+,19-/m1/s1. The summed E-state index contributed by atoms with van der Waals surface area (Å²) in [7, 11) is 0. The molecular formula is C19H17F4N3O2. The Kier molecular flexibility index (Phi) is 5.35. The van der Waals surface area contributed by atoms with Gasteiger partial charge in [0.15, 0.2) is 18.1 Å². The van der Waals surface area contributed by atoms with Crippen LogP contribution < -0.4 is 5.73 Å². The third-order valence-electron chi connectivity index (χ3n) is 4.58. The number of benzene rings is 1. The molecule has 0 spiro atoms. The molecule has 0 aliphatic carbocycles. The molecule has 0 amide bonds. The summed E-state index contributed by atoms with van der Waals surface area (Å²) in [5.41, 5.74) is 3.90. The normalized spacial score (nSPS) is 24.4. The first-order valence-electron chi connectivity index (χ1n) is 8.40. The Morgan fingerprint density at radius 2 is 2.04 bits per heavy atom. The van der Waals surface area contributed by atoms with Crippen LogP contribution in [-0.4, -0.2) is 35.7 Å². The highest BCUT2D eigenvalue weighted by Crippen LogP contribution is 2.38. The van der Waals surface area contributed by atoms with Crippen LogP contribution in [0.25, 0.3) is 0 Å². The minimum absolute atomic E-state index is 0.0349. The molecule has 5 nitrogen and oxygen atoms in total. The molecule has 9 heteroatoms. The summed E-state index contributed by atoms with van der Waals surface area (Å²) < 4.78 is 60.2. The number of halogens is 4. The summed E-state index contributed by atoms with van der Waals surface area (Å²) in [4.78, 5) is 19.9. The van der Waals surface area contributed by atoms with Crippen LogP contribution in [0.15, 0.2) is 41.5 Å². The predicted molar refractivity (Wildman–Crippen MR) is 93.3 cm³/mol. The van der Waals surface area contributed by atoms with Gasteiger partial charge in [0.2, 0.25) is 0 Å². The van der Waals surface area contributed by atoms with E-state index in [9.17, 15) is 22.4 Å². The van der Waals surface area contributed by atoms with E-state index in [0.29, 0.717) is 5.56 Å². The maximum absolute atomic E-state index is 14.8. The molecule has 2 heterocycles. The zero-order valence-corrected chi connectivity index (χ0v) is 14.8. The summed E-state index contributed by atoms with van der Waals surface area (Å²) in [6.45, 7) is 0.115. The Balaban J connectivity index is 1.94. The number of rotatable bonds is 5. The van der Waals surface area contributed by atoms with Crippen LogP contribution in [0.1, 0.15) is 28.5 Å². The minimum atomic E-state index is -2.00. The van der Waals surface area contributed by atoms with Crippen LogP contribution in [0.3, 0.4) is 0 Å². The lowest BCUT2D eigenvalue weighted by Gasteiger charge is -2.37. The van der Waals surface area contributed by atoms with Gasteiger partial charge < -0.3 is 10.5 Å². The van der Waals surface area contributed by atoms with Gasteiger partial charge in [0.05, 0.1) is 6.20 Å². The quantitative estimate of drug-likeness (QED) is 0.624. The lowest BCUT2D eigenvalue weighted by atomic mass is 9.83. The molecule has 1 aliphatic heterocycles. The number of hydrogen-bond acceptors (Lipinski definition) is 5. The molecule has 148 valence electrons. The maximum Gasteiger partial charge on any atom is 0.283 e. The van der Waals surface area contributed by atoms with E-state index in [-0.39, 0.29) is 17.7 Å². The van der Waals surface area contributed by atoms with Crippen molar-refractivity contribution in [2.75, 3.05) is 6.67 Å². The predicted octanol–water partition coefficient (Wildman–Crippen LogP) is 3.02. The Hall–Kier alpha value is -2.97. The maximum atomic E-state index is 14.8. The molecule has 0 fully saturated rings. The molecule has 2 N–H and O–H groups in total. The summed E-state index contributed by atoms with van der Waals surface area (Å²) in [5.74, 6) is -1.80. The fraction of sp³-hybridized carbons (Fsp3) is 0.316. The second-order valence-electron chi connectivity index (χ2n) is 6.59. The fourth-order valence-electron chi connectivity index (χ4n) is 3.10. The minimum Gasteiger partial charge on any atom is -0.456 e. The van der Waals surface area contributed by atoms with Gasteiger partial charge in [-0.1, -0.05) is 6.07 Å². The zero-order valence-electron chi connectivity index (χ0n) is 14.8. The van der Waals surface area contributed by atoms with Crippen molar-refractivity contribution in [3.63, 3.8) is 0 Å². The Morgan fingerprint density at radius 3 is 2.68 bits per heavy atom. The number of amidine groups is 1. The van der Waals surface area contributed by atoms with Crippen molar-refractivity contribution in [2.45, 2.75) is 31.2 Å². The van der Waals surface area contributed by atoms with Crippen molar-refractivity contribution in [1.29, 1.82) is 0 Å². The number of Topliss-reactive ketones (excluding diaryl/α,β-unsaturated/α-hetero) is 1. The summed E-state index contributed by atoms with van der Waals surface area (Å²) >= 11 is 0. The van der Waals surface area contributed by atoms with Gasteiger partial charge in [0, 0.05) is 12.0 Å². The number of hydrogen-bond donors (Lipinski definition) is 1. The third kappa shape index (κ3) is 3.69. The lowest BCUT2D eigenvalue weighted by Crippen LogP contribution is -2.50. The van der Waals surface area contributed by atoms with Crippen LogP contribution in [0.4, 0.5) is 17.6 Å². The second kappa shape index (κ2) is 7.57. The third-order valence-corrected chi connectivity index (χ3v) is 4.58. The van der Waals surface area contributed by atoms with Gasteiger partial charge in [-0.25, -0.2) is 22.6 Å². The van der Waals surface area contributed by atoms with Gasteiger partial charge in [-0.2, -0.15) is 0 Å². The molecule has 3 rings (SSSR count). The highest BCUT2D eigenvalue weighted by molar-refractivity contribution is 5.95. The largest absolute Gasteiger partial charge is 0.456 e. The first kappa shape index (κ1) is 19.8. The van der Waals surface area contributed by atoms with Gasteiger partial charge in [-0.3, -0.25) is 9.78 Å². The molecular weight excluding hydrogens is 378 g/mol. The zero-order chi connectivity index (χ0) is 20.5. The molecule has 2 aromatic rings. The van der Waals surface area contributed by atoms with E-state index in [0.717, 1.165) is 18.3 Å². The molecule has 1 aliphatic rings. The molecule has 0 unspecified atom stereocenters. The molecule has 0 radical (unpaired) electrons. The second-order valence-corrected chi connectivity index (χ2v) is 6.59. The molecule has 1 aromatic heterocycles. The van der Waals surface area contributed by atoms with Crippen molar-refractivity contribution < 1.29 is 27.1 Å². The van der Waals surface area contributed by atoms with Gasteiger partial charge in [-0.15, -0.1) is 0 Å². The van der Waals surface area contributed by atoms with Crippen LogP contribution >= 0.6 is 0 Å². The van der Waals surface area contributed by atoms with Crippen molar-refractivity contribution in [3.05, 3.63) is 65.0 Å². The van der Waals surface area contributed by atoms with Crippen LogP contribution in [-0.2, 0) is 16.7 Å². The monoisotopic (exact) mass is 395 g/mol. The number of alkyl halides is 2. The molecule has 0 saturated carbocycles. The number of aliphatic imine (C=N–C) groups is 1. The SMILES string of the molecule is C[C@]1(c2cc(CC(=O)c3ccc(F)cn3)ccc2F)N=C(N)O[C@H](CF)[C@@H]1F. The number of nitrogens with zero attached hydrogens (tertiary/aromatic N) is 2. The average molecular weight is 395 g/mol. The average Bonchev–Trinajstić information content (AvgIpc) is 2.66. The van der Waals surface area contributed by atoms with Crippen molar-refractivity contribution in [1.82, 2.24) is 4.98 Å². The van der Waals surface area contributed by atoms with Crippen LogP contribution in [0.2, 0.25) is 0 Å². The van der Waals surface area contributed by atoms with Crippen molar-refractivity contribution >= 4 is 11.8 Å². The molecule has 3 atom stereocenters. The first-order chi connectivity index (χ1) is 13.2. The highest BCUT2D eigenvalue weighted by Gasteiger charge is 2.48. The van der Waals surface area contributed by atoms with E-state index in [1.165, 1.54) is 25.1 Å². The first-order valence-corrected chi connectivity index (χ1v) is 8.40. The van der Waals surface area contributed by atoms with Gasteiger partial charge >= 0.3 is 0 Å². The molecule has 0 saturated heterocycles. The number of pyridine rings is 1. The van der Waals surface area contributed by atoms with E-state index < -0.39 is 47.9 Å². The Morgan fingerprint density at radius 1 is 1.29 bits per heavy atom. The van der Waals surface area contributed by atoms with E-state index in [4.69, 9.17) is 10.5 Å². The lowest BCUT2D eigenvalue weighted by molar-refractivity contribution is 0.00449. The van der Waals surface area contributed by atoms with E-state index in [2.05, 4.69) is 9.98 Å². The Labute approximate surface area is 158 Å². The highest BCUT2D eigenvalue weighted by atomic mass is 19.1. The fourth-order valence-corrected chi connectivity index (χ4v) is 3.10. The van der Waals surface area contributed by atoms with E-state index in [1.54, 1.807) is 0 Å². The number of ether oxygens (including phenoxy) is 1. The number of ketones is 1. The summed E-state index contributed by atoms with van der Waals surface area (Å²) in [6.07, 6.45) is -2.78. The van der Waals surface area contributed by atoms with E-state index >= 15 is 0 Å². The summed E-state index contributed by atoms with van der Waals surface area (Å²) in [5, 5.41) is 0. The smallest absolute Gasteiger partial charge is 0.283 e.